The molecule has 29 heavy (non-hydrogen) atoms. The normalized spacial score (nSPS) is 17.3. The largest absolute Gasteiger partial charge is 0.384 e. The average molecular weight is 398 g/mol. The summed E-state index contributed by atoms with van der Waals surface area (Å²) in [6, 6.07) is 14.3. The molecule has 0 N–H and O–H groups in total. The third-order valence-electron chi connectivity index (χ3n) is 5.33. The van der Waals surface area contributed by atoms with E-state index in [4.69, 9.17) is 4.74 Å². The maximum absolute atomic E-state index is 13.2. The number of nitrogens with zero attached hydrogens (tertiary/aromatic N) is 2. The molecule has 154 valence electrons. The predicted octanol–water partition coefficient (Wildman–Crippen LogP) is 2.99. The highest BCUT2D eigenvalue weighted by Gasteiger charge is 2.30. The molecule has 1 aliphatic heterocycles. The zero-order valence-corrected chi connectivity index (χ0v) is 16.9. The van der Waals surface area contributed by atoms with E-state index in [0.29, 0.717) is 39.1 Å². The van der Waals surface area contributed by atoms with Crippen LogP contribution in [-0.2, 0) is 20.7 Å². The van der Waals surface area contributed by atoms with Crippen molar-refractivity contribution in [2.24, 2.45) is 5.92 Å². The van der Waals surface area contributed by atoms with Gasteiger partial charge in [0.2, 0.25) is 11.8 Å². The van der Waals surface area contributed by atoms with Gasteiger partial charge in [-0.1, -0.05) is 36.4 Å². The lowest BCUT2D eigenvalue weighted by atomic mass is 9.95. The highest BCUT2D eigenvalue weighted by Crippen LogP contribution is 2.23. The van der Waals surface area contributed by atoms with Crippen molar-refractivity contribution in [2.75, 3.05) is 40.4 Å². The number of hydrogen-bond acceptors (Lipinski definition) is 3. The molecule has 0 saturated carbocycles. The first-order valence-corrected chi connectivity index (χ1v) is 9.84. The molecular weight excluding hydrogens is 371 g/mol. The number of ether oxygens (including phenoxy) is 1. The van der Waals surface area contributed by atoms with E-state index in [1.807, 2.05) is 24.3 Å². The van der Waals surface area contributed by atoms with Gasteiger partial charge in [-0.2, -0.15) is 0 Å². The number of carbonyl (C=O) groups is 2. The zero-order valence-electron chi connectivity index (χ0n) is 16.9. The summed E-state index contributed by atoms with van der Waals surface area (Å²) in [5, 5.41) is 0. The lowest BCUT2D eigenvalue weighted by molar-refractivity contribution is -0.134. The number of hydrogen-bond donors (Lipinski definition) is 0. The number of halogens is 1. The van der Waals surface area contributed by atoms with Crippen LogP contribution in [0.2, 0.25) is 0 Å². The fourth-order valence-corrected chi connectivity index (χ4v) is 3.66. The van der Waals surface area contributed by atoms with Crippen LogP contribution in [0.3, 0.4) is 0 Å². The third kappa shape index (κ3) is 5.41. The first kappa shape index (κ1) is 21.0. The van der Waals surface area contributed by atoms with Gasteiger partial charge in [0.15, 0.2) is 0 Å². The molecule has 1 unspecified atom stereocenters. The van der Waals surface area contributed by atoms with E-state index < -0.39 is 0 Å². The molecule has 1 fully saturated rings. The number of rotatable bonds is 6. The maximum Gasteiger partial charge on any atom is 0.227 e. The highest BCUT2D eigenvalue weighted by atomic mass is 19.1. The van der Waals surface area contributed by atoms with Crippen molar-refractivity contribution in [3.8, 4) is 11.1 Å². The van der Waals surface area contributed by atoms with Crippen LogP contribution < -0.4 is 0 Å². The Morgan fingerprint density at radius 2 is 1.90 bits per heavy atom. The lowest BCUT2D eigenvalue weighted by Gasteiger charge is -2.23. The molecule has 2 amide bonds. The highest BCUT2D eigenvalue weighted by molar-refractivity contribution is 5.82. The molecule has 1 aliphatic rings. The summed E-state index contributed by atoms with van der Waals surface area (Å²) in [6.45, 7) is 1.86. The summed E-state index contributed by atoms with van der Waals surface area (Å²) >= 11 is 0. The first-order valence-electron chi connectivity index (χ1n) is 9.84. The summed E-state index contributed by atoms with van der Waals surface area (Å²) in [7, 11) is 3.36. The van der Waals surface area contributed by atoms with Gasteiger partial charge in [-0.15, -0.1) is 0 Å². The van der Waals surface area contributed by atoms with E-state index in [9.17, 15) is 14.0 Å². The van der Waals surface area contributed by atoms with Gasteiger partial charge in [0.25, 0.3) is 0 Å². The van der Waals surface area contributed by atoms with Crippen molar-refractivity contribution in [1.82, 2.24) is 9.80 Å². The van der Waals surface area contributed by atoms with Gasteiger partial charge < -0.3 is 14.5 Å². The first-order chi connectivity index (χ1) is 14.0. The van der Waals surface area contributed by atoms with Crippen LogP contribution in [0.1, 0.15) is 12.0 Å². The van der Waals surface area contributed by atoms with Gasteiger partial charge in [-0.05, 0) is 35.2 Å². The van der Waals surface area contributed by atoms with Crippen LogP contribution in [0.15, 0.2) is 48.5 Å². The number of amides is 2. The van der Waals surface area contributed by atoms with Gasteiger partial charge in [-0.3, -0.25) is 9.59 Å². The molecule has 2 aromatic rings. The molecule has 1 heterocycles. The maximum atomic E-state index is 13.2. The van der Waals surface area contributed by atoms with Crippen molar-refractivity contribution in [1.29, 1.82) is 0 Å². The standard InChI is InChI=1S/C23H27FN2O3/c1-25-11-12-26(22(27)10-13-29-2)16-20(23(25)28)15-17-4-3-5-19(14-17)18-6-8-21(24)9-7-18/h3-9,14,20H,10-13,15-16H2,1-2H3. The minimum Gasteiger partial charge on any atom is -0.384 e. The number of likely N-dealkylation sites (N-methyl/N-ethyl adjacent to an activating group) is 1. The van der Waals surface area contributed by atoms with Gasteiger partial charge >= 0.3 is 0 Å². The lowest BCUT2D eigenvalue weighted by Crippen LogP contribution is -2.37. The molecule has 1 saturated heterocycles. The molecule has 5 nitrogen and oxygen atoms in total. The van der Waals surface area contributed by atoms with Crippen molar-refractivity contribution in [2.45, 2.75) is 12.8 Å². The predicted molar refractivity (Wildman–Crippen MR) is 110 cm³/mol. The van der Waals surface area contributed by atoms with E-state index >= 15 is 0 Å². The van der Waals surface area contributed by atoms with E-state index in [-0.39, 0.29) is 23.5 Å². The molecule has 0 aliphatic carbocycles. The monoisotopic (exact) mass is 398 g/mol. The zero-order chi connectivity index (χ0) is 20.8. The molecule has 0 bridgehead atoms. The molecule has 3 rings (SSSR count). The van der Waals surface area contributed by atoms with Crippen LogP contribution in [0.4, 0.5) is 4.39 Å². The molecule has 0 aromatic heterocycles. The summed E-state index contributed by atoms with van der Waals surface area (Å²) in [6.07, 6.45) is 0.868. The second-order valence-electron chi connectivity index (χ2n) is 7.45. The minimum atomic E-state index is -0.294. The summed E-state index contributed by atoms with van der Waals surface area (Å²) < 4.78 is 18.2. The fraction of sp³-hybridized carbons (Fsp3) is 0.391. The van der Waals surface area contributed by atoms with Crippen molar-refractivity contribution in [3.05, 3.63) is 59.9 Å². The topological polar surface area (TPSA) is 49.9 Å². The molecule has 6 heteroatoms. The quantitative estimate of drug-likeness (QED) is 0.752. The minimum absolute atomic E-state index is 0.0139. The van der Waals surface area contributed by atoms with Crippen LogP contribution in [0, 0.1) is 11.7 Å². The Balaban J connectivity index is 1.77. The van der Waals surface area contributed by atoms with Gasteiger partial charge in [0.05, 0.1) is 18.9 Å². The number of carbonyl (C=O) groups excluding carboxylic acids is 2. The van der Waals surface area contributed by atoms with E-state index in [0.717, 1.165) is 16.7 Å². The Kier molecular flexibility index (Phi) is 6.99. The number of methoxy groups -OCH3 is 1. The molecule has 2 aromatic carbocycles. The summed E-state index contributed by atoms with van der Waals surface area (Å²) in [5.74, 6) is -0.494. The van der Waals surface area contributed by atoms with E-state index in [2.05, 4.69) is 0 Å². The Hall–Kier alpha value is -2.73. The molecular formula is C23H27FN2O3. The fourth-order valence-electron chi connectivity index (χ4n) is 3.66. The van der Waals surface area contributed by atoms with Gasteiger partial charge in [0, 0.05) is 33.8 Å². The van der Waals surface area contributed by atoms with E-state index in [1.165, 1.54) is 12.1 Å². The van der Waals surface area contributed by atoms with Crippen LogP contribution in [-0.4, -0.2) is 62.0 Å². The van der Waals surface area contributed by atoms with Crippen molar-refractivity contribution >= 4 is 11.8 Å². The average Bonchev–Trinajstić information content (AvgIpc) is 2.86. The molecule has 1 atom stereocenters. The third-order valence-corrected chi connectivity index (χ3v) is 5.33. The van der Waals surface area contributed by atoms with Crippen LogP contribution in [0.25, 0.3) is 11.1 Å². The smallest absolute Gasteiger partial charge is 0.227 e. The second kappa shape index (κ2) is 9.65. The Morgan fingerprint density at radius 1 is 1.14 bits per heavy atom. The molecule has 0 radical (unpaired) electrons. The van der Waals surface area contributed by atoms with Crippen molar-refractivity contribution < 1.29 is 18.7 Å². The SMILES string of the molecule is COCCC(=O)N1CCN(C)C(=O)C(Cc2cccc(-c3ccc(F)cc3)c2)C1. The molecule has 0 spiro atoms. The van der Waals surface area contributed by atoms with Crippen LogP contribution in [0.5, 0.6) is 0 Å². The van der Waals surface area contributed by atoms with Gasteiger partial charge in [0.1, 0.15) is 5.82 Å². The Bertz CT molecular complexity index is 853. The Labute approximate surface area is 171 Å². The summed E-state index contributed by atoms with van der Waals surface area (Å²) in [4.78, 5) is 28.8. The Morgan fingerprint density at radius 3 is 2.62 bits per heavy atom. The second-order valence-corrected chi connectivity index (χ2v) is 7.45. The summed E-state index contributed by atoms with van der Waals surface area (Å²) in [5.41, 5.74) is 2.92. The van der Waals surface area contributed by atoms with E-state index in [1.54, 1.807) is 36.1 Å². The van der Waals surface area contributed by atoms with Crippen LogP contribution >= 0.6 is 0 Å². The van der Waals surface area contributed by atoms with Gasteiger partial charge in [-0.25, -0.2) is 4.39 Å². The van der Waals surface area contributed by atoms with Crippen molar-refractivity contribution in [3.63, 3.8) is 0 Å². The number of benzene rings is 2.